The summed E-state index contributed by atoms with van der Waals surface area (Å²) in [5, 5.41) is 0.884. The van der Waals surface area contributed by atoms with Gasteiger partial charge in [0.05, 0.1) is 17.7 Å². The number of ketones is 1. The van der Waals surface area contributed by atoms with Crippen molar-refractivity contribution in [3.05, 3.63) is 51.8 Å². The number of halogens is 1. The molecule has 0 saturated carbocycles. The van der Waals surface area contributed by atoms with E-state index in [1.165, 1.54) is 30.2 Å². The van der Waals surface area contributed by atoms with Crippen LogP contribution in [0.3, 0.4) is 0 Å². The summed E-state index contributed by atoms with van der Waals surface area (Å²) in [4.78, 5) is 16.1. The molecule has 3 nitrogen and oxygen atoms in total. The highest BCUT2D eigenvalue weighted by Gasteiger charge is 2.28. The van der Waals surface area contributed by atoms with Gasteiger partial charge in [-0.2, -0.15) is 0 Å². The summed E-state index contributed by atoms with van der Waals surface area (Å²) in [5.41, 5.74) is 0.264. The lowest BCUT2D eigenvalue weighted by atomic mass is 9.96. The maximum Gasteiger partial charge on any atom is 0.192 e. The number of unbranched alkanes of at least 4 members (excludes halogenated alkanes) is 1. The van der Waals surface area contributed by atoms with Gasteiger partial charge in [0.1, 0.15) is 11.6 Å². The lowest BCUT2D eigenvalue weighted by molar-refractivity contribution is 0.104. The van der Waals surface area contributed by atoms with Crippen LogP contribution in [0.15, 0.2) is 40.4 Å². The largest absolute Gasteiger partial charge is 0.496 e. The van der Waals surface area contributed by atoms with E-state index in [-0.39, 0.29) is 16.8 Å². The monoisotopic (exact) mass is 363 g/mol. The molecular formula is C20H26FNO2S. The van der Waals surface area contributed by atoms with E-state index in [2.05, 4.69) is 38.8 Å². The molecule has 1 aromatic rings. The first-order valence-corrected chi connectivity index (χ1v) is 9.34. The van der Waals surface area contributed by atoms with Gasteiger partial charge in [0, 0.05) is 23.7 Å². The van der Waals surface area contributed by atoms with Gasteiger partial charge in [-0.15, -0.1) is 0 Å². The van der Waals surface area contributed by atoms with Crippen LogP contribution in [0.4, 0.5) is 4.39 Å². The molecule has 0 radical (unpaired) electrons. The van der Waals surface area contributed by atoms with Crippen LogP contribution >= 0.6 is 11.8 Å². The fraction of sp³-hybridized carbons (Fsp3) is 0.450. The van der Waals surface area contributed by atoms with Gasteiger partial charge in [-0.05, 0) is 30.0 Å². The zero-order valence-corrected chi connectivity index (χ0v) is 16.4. The van der Waals surface area contributed by atoms with E-state index >= 15 is 0 Å². The second-order valence-electron chi connectivity index (χ2n) is 7.08. The van der Waals surface area contributed by atoms with Crippen molar-refractivity contribution in [2.45, 2.75) is 40.5 Å². The fourth-order valence-electron chi connectivity index (χ4n) is 2.43. The van der Waals surface area contributed by atoms with Gasteiger partial charge in [0.25, 0.3) is 0 Å². The SMILES string of the molecule is CCCCN1C=C(C(C)(C)C)S/C1=C\C(=O)c1cc(F)ccc1OC. The molecule has 0 N–H and O–H groups in total. The second-order valence-corrected chi connectivity index (χ2v) is 8.15. The summed E-state index contributed by atoms with van der Waals surface area (Å²) in [6, 6.07) is 4.00. The van der Waals surface area contributed by atoms with Crippen molar-refractivity contribution in [1.29, 1.82) is 0 Å². The Kier molecular flexibility index (Phi) is 6.33. The standard InChI is InChI=1S/C20H26FNO2S/c1-6-7-10-22-13-18(20(2,3)4)25-19(22)12-16(23)15-11-14(21)8-9-17(15)24-5/h8-9,11-13H,6-7,10H2,1-5H3/b19-12-. The number of carbonyl (C=O) groups is 1. The number of thioether (sulfide) groups is 1. The number of benzene rings is 1. The van der Waals surface area contributed by atoms with Gasteiger partial charge >= 0.3 is 0 Å². The average molecular weight is 363 g/mol. The number of allylic oxidation sites excluding steroid dienone is 2. The van der Waals surface area contributed by atoms with E-state index in [4.69, 9.17) is 4.74 Å². The van der Waals surface area contributed by atoms with Gasteiger partial charge in [0.2, 0.25) is 0 Å². The molecule has 5 heteroatoms. The highest BCUT2D eigenvalue weighted by Crippen LogP contribution is 2.45. The molecule has 2 rings (SSSR count). The molecule has 136 valence electrons. The maximum absolute atomic E-state index is 13.6. The third-order valence-corrected chi connectivity index (χ3v) is 5.44. The number of methoxy groups -OCH3 is 1. The minimum absolute atomic E-state index is 0.0182. The maximum atomic E-state index is 13.6. The lowest BCUT2D eigenvalue weighted by Gasteiger charge is -2.17. The molecule has 0 aromatic heterocycles. The highest BCUT2D eigenvalue weighted by atomic mass is 32.2. The Morgan fingerprint density at radius 3 is 2.68 bits per heavy atom. The summed E-state index contributed by atoms with van der Waals surface area (Å²) in [5.74, 6) is -0.308. The van der Waals surface area contributed by atoms with Gasteiger partial charge in [0.15, 0.2) is 5.78 Å². The van der Waals surface area contributed by atoms with Crippen molar-refractivity contribution in [3.8, 4) is 5.75 Å². The van der Waals surface area contributed by atoms with E-state index in [1.807, 2.05) is 0 Å². The number of nitrogens with zero attached hydrogens (tertiary/aromatic N) is 1. The second kappa shape index (κ2) is 8.09. The Morgan fingerprint density at radius 1 is 1.36 bits per heavy atom. The number of rotatable bonds is 6. The molecule has 0 spiro atoms. The number of hydrogen-bond acceptors (Lipinski definition) is 4. The van der Waals surface area contributed by atoms with E-state index in [1.54, 1.807) is 17.8 Å². The normalized spacial score (nSPS) is 16.3. The van der Waals surface area contributed by atoms with Gasteiger partial charge in [-0.25, -0.2) is 4.39 Å². The van der Waals surface area contributed by atoms with Crippen LogP contribution in [0.2, 0.25) is 0 Å². The molecule has 0 saturated heterocycles. The number of ether oxygens (including phenoxy) is 1. The Labute approximate surface area is 153 Å². The molecule has 0 fully saturated rings. The molecule has 1 heterocycles. The smallest absolute Gasteiger partial charge is 0.192 e. The summed E-state index contributed by atoms with van der Waals surface area (Å²) in [7, 11) is 1.48. The Hall–Kier alpha value is -1.75. The molecule has 25 heavy (non-hydrogen) atoms. The number of hydrogen-bond donors (Lipinski definition) is 0. The van der Waals surface area contributed by atoms with Gasteiger partial charge in [-0.1, -0.05) is 45.9 Å². The first kappa shape index (κ1) is 19.6. The van der Waals surface area contributed by atoms with Crippen molar-refractivity contribution in [1.82, 2.24) is 4.90 Å². The van der Waals surface area contributed by atoms with Gasteiger partial charge in [-0.3, -0.25) is 4.79 Å². The quantitative estimate of drug-likeness (QED) is 0.486. The van der Waals surface area contributed by atoms with Crippen LogP contribution in [-0.4, -0.2) is 24.3 Å². The third kappa shape index (κ3) is 4.88. The zero-order chi connectivity index (χ0) is 18.6. The van der Waals surface area contributed by atoms with E-state index in [9.17, 15) is 9.18 Å². The van der Waals surface area contributed by atoms with Crippen molar-refractivity contribution < 1.29 is 13.9 Å². The molecule has 1 aliphatic heterocycles. The molecule has 0 unspecified atom stereocenters. The molecule has 1 aliphatic rings. The van der Waals surface area contributed by atoms with Crippen LogP contribution < -0.4 is 4.74 Å². The first-order chi connectivity index (χ1) is 11.8. The fourth-order valence-corrected chi connectivity index (χ4v) is 3.57. The first-order valence-electron chi connectivity index (χ1n) is 8.52. The van der Waals surface area contributed by atoms with Crippen molar-refractivity contribution in [3.63, 3.8) is 0 Å². The van der Waals surface area contributed by atoms with Crippen molar-refractivity contribution >= 4 is 17.5 Å². The molecule has 0 atom stereocenters. The Morgan fingerprint density at radius 2 is 2.08 bits per heavy atom. The minimum Gasteiger partial charge on any atom is -0.496 e. The van der Waals surface area contributed by atoms with Crippen LogP contribution in [0.5, 0.6) is 5.75 Å². The predicted molar refractivity (Wildman–Crippen MR) is 102 cm³/mol. The van der Waals surface area contributed by atoms with Crippen molar-refractivity contribution in [2.24, 2.45) is 5.41 Å². The van der Waals surface area contributed by atoms with E-state index in [0.29, 0.717) is 5.75 Å². The molecule has 0 aliphatic carbocycles. The molecule has 1 aromatic carbocycles. The van der Waals surface area contributed by atoms with Gasteiger partial charge < -0.3 is 9.64 Å². The lowest BCUT2D eigenvalue weighted by Crippen LogP contribution is -2.14. The van der Waals surface area contributed by atoms with Crippen LogP contribution in [0, 0.1) is 11.2 Å². The molecular weight excluding hydrogens is 337 g/mol. The third-order valence-electron chi connectivity index (χ3n) is 3.94. The summed E-state index contributed by atoms with van der Waals surface area (Å²) in [6.07, 6.45) is 5.84. The molecule has 0 bridgehead atoms. The Bertz CT molecular complexity index is 704. The predicted octanol–water partition coefficient (Wildman–Crippen LogP) is 5.59. The van der Waals surface area contributed by atoms with E-state index in [0.717, 1.165) is 24.4 Å². The van der Waals surface area contributed by atoms with Crippen LogP contribution in [0.1, 0.15) is 50.9 Å². The minimum atomic E-state index is -0.446. The van der Waals surface area contributed by atoms with Crippen molar-refractivity contribution in [2.75, 3.05) is 13.7 Å². The summed E-state index contributed by atoms with van der Waals surface area (Å²) >= 11 is 1.61. The van der Waals surface area contributed by atoms with E-state index < -0.39 is 5.82 Å². The summed E-state index contributed by atoms with van der Waals surface area (Å²) < 4.78 is 18.8. The molecule has 0 amide bonds. The Balaban J connectivity index is 2.32. The topological polar surface area (TPSA) is 29.5 Å². The van der Waals surface area contributed by atoms with Crippen LogP contribution in [-0.2, 0) is 0 Å². The summed E-state index contributed by atoms with van der Waals surface area (Å²) in [6.45, 7) is 9.48. The highest BCUT2D eigenvalue weighted by molar-refractivity contribution is 8.07. The number of carbonyl (C=O) groups excluding carboxylic acids is 1. The van der Waals surface area contributed by atoms with Crippen LogP contribution in [0.25, 0.3) is 0 Å². The average Bonchev–Trinajstić information content (AvgIpc) is 2.95. The zero-order valence-electron chi connectivity index (χ0n) is 15.6.